The van der Waals surface area contributed by atoms with Crippen molar-refractivity contribution < 1.29 is 4.74 Å². The number of alkyl halides is 1. The summed E-state index contributed by atoms with van der Waals surface area (Å²) >= 11 is 5.76. The summed E-state index contributed by atoms with van der Waals surface area (Å²) in [7, 11) is 1.69. The molecule has 0 aromatic heterocycles. The van der Waals surface area contributed by atoms with E-state index in [4.69, 9.17) is 16.3 Å². The van der Waals surface area contributed by atoms with E-state index in [0.717, 1.165) is 19.4 Å². The summed E-state index contributed by atoms with van der Waals surface area (Å²) in [5.41, 5.74) is 0. The summed E-state index contributed by atoms with van der Waals surface area (Å²) in [6.45, 7) is 2.86. The monoisotopic (exact) mass is 136 g/mol. The lowest BCUT2D eigenvalue weighted by atomic mass is 10.2. The van der Waals surface area contributed by atoms with Crippen LogP contribution in [0.15, 0.2) is 0 Å². The van der Waals surface area contributed by atoms with Gasteiger partial charge in [0.05, 0.1) is 0 Å². The zero-order valence-electron chi connectivity index (χ0n) is 5.48. The van der Waals surface area contributed by atoms with Crippen LogP contribution in [0.3, 0.4) is 0 Å². The third-order valence-electron chi connectivity index (χ3n) is 1.08. The van der Waals surface area contributed by atoms with Crippen LogP contribution in [0.1, 0.15) is 19.8 Å². The molecular weight excluding hydrogens is 124 g/mol. The Kier molecular flexibility index (Phi) is 5.56. The number of hydrogen-bond donors (Lipinski definition) is 0. The van der Waals surface area contributed by atoms with Crippen molar-refractivity contribution in [2.24, 2.45) is 0 Å². The van der Waals surface area contributed by atoms with Gasteiger partial charge in [-0.2, -0.15) is 0 Å². The van der Waals surface area contributed by atoms with Crippen LogP contribution in [-0.4, -0.2) is 19.1 Å². The predicted octanol–water partition coefficient (Wildman–Crippen LogP) is 2.04. The maximum Gasteiger partial charge on any atom is 0.0476 e. The molecule has 1 atom stereocenters. The average molecular weight is 137 g/mol. The van der Waals surface area contributed by atoms with Gasteiger partial charge in [0.2, 0.25) is 0 Å². The van der Waals surface area contributed by atoms with Crippen LogP contribution < -0.4 is 0 Å². The molecule has 0 spiro atoms. The fourth-order valence-corrected chi connectivity index (χ4v) is 0.539. The van der Waals surface area contributed by atoms with E-state index in [9.17, 15) is 0 Å². The molecule has 1 unspecified atom stereocenters. The fraction of sp³-hybridized carbons (Fsp3) is 1.00. The van der Waals surface area contributed by atoms with Gasteiger partial charge in [-0.3, -0.25) is 0 Å². The Balaban J connectivity index is 2.86. The molecule has 0 saturated heterocycles. The molecule has 50 valence electrons. The Morgan fingerprint density at radius 2 is 2.25 bits per heavy atom. The standard InChI is InChI=1S/C6H13ClO/c1-3-6(7)4-5-8-2/h6H,3-5H2,1-2H3. The van der Waals surface area contributed by atoms with Gasteiger partial charge in [0, 0.05) is 19.1 Å². The van der Waals surface area contributed by atoms with Crippen LogP contribution in [0.4, 0.5) is 0 Å². The lowest BCUT2D eigenvalue weighted by molar-refractivity contribution is 0.193. The molecule has 0 N–H and O–H groups in total. The van der Waals surface area contributed by atoms with Crippen LogP contribution in [-0.2, 0) is 4.74 Å². The molecule has 1 nitrogen and oxygen atoms in total. The lowest BCUT2D eigenvalue weighted by Gasteiger charge is -2.02. The van der Waals surface area contributed by atoms with Gasteiger partial charge in [-0.15, -0.1) is 11.6 Å². The molecule has 2 heteroatoms. The van der Waals surface area contributed by atoms with Gasteiger partial charge in [-0.05, 0) is 12.8 Å². The van der Waals surface area contributed by atoms with Gasteiger partial charge >= 0.3 is 0 Å². The zero-order valence-corrected chi connectivity index (χ0v) is 6.24. The van der Waals surface area contributed by atoms with Crippen molar-refractivity contribution >= 4 is 11.6 Å². The van der Waals surface area contributed by atoms with Gasteiger partial charge < -0.3 is 4.74 Å². The van der Waals surface area contributed by atoms with E-state index in [1.165, 1.54) is 0 Å². The van der Waals surface area contributed by atoms with E-state index in [1.54, 1.807) is 7.11 Å². The molecule has 0 rings (SSSR count). The Morgan fingerprint density at radius 3 is 2.62 bits per heavy atom. The van der Waals surface area contributed by atoms with E-state index in [1.807, 2.05) is 0 Å². The summed E-state index contributed by atoms with van der Waals surface area (Å²) in [6.07, 6.45) is 2.00. The van der Waals surface area contributed by atoms with Crippen molar-refractivity contribution in [3.05, 3.63) is 0 Å². The molecule has 0 aliphatic rings. The van der Waals surface area contributed by atoms with Crippen molar-refractivity contribution in [2.75, 3.05) is 13.7 Å². The molecule has 8 heavy (non-hydrogen) atoms. The van der Waals surface area contributed by atoms with Gasteiger partial charge in [-0.25, -0.2) is 0 Å². The third kappa shape index (κ3) is 4.41. The maximum absolute atomic E-state index is 5.76. The first-order valence-electron chi connectivity index (χ1n) is 2.94. The molecule has 0 aliphatic heterocycles. The van der Waals surface area contributed by atoms with Crippen LogP contribution in [0.5, 0.6) is 0 Å². The van der Waals surface area contributed by atoms with E-state index >= 15 is 0 Å². The maximum atomic E-state index is 5.76. The summed E-state index contributed by atoms with van der Waals surface area (Å²) in [6, 6.07) is 0. The number of rotatable bonds is 4. The quantitative estimate of drug-likeness (QED) is 0.538. The molecule has 0 amide bonds. The fourth-order valence-electron chi connectivity index (χ4n) is 0.450. The van der Waals surface area contributed by atoms with Crippen LogP contribution in [0.2, 0.25) is 0 Å². The summed E-state index contributed by atoms with van der Waals surface area (Å²) in [5.74, 6) is 0. The summed E-state index contributed by atoms with van der Waals surface area (Å²) in [4.78, 5) is 0. The minimum absolute atomic E-state index is 0.301. The second-order valence-electron chi connectivity index (χ2n) is 1.79. The van der Waals surface area contributed by atoms with Gasteiger partial charge in [0.25, 0.3) is 0 Å². The van der Waals surface area contributed by atoms with Crippen LogP contribution in [0.25, 0.3) is 0 Å². The van der Waals surface area contributed by atoms with Crippen molar-refractivity contribution in [2.45, 2.75) is 25.1 Å². The number of halogens is 1. The van der Waals surface area contributed by atoms with Crippen molar-refractivity contribution in [1.29, 1.82) is 0 Å². The topological polar surface area (TPSA) is 9.23 Å². The molecule has 0 aromatic carbocycles. The smallest absolute Gasteiger partial charge is 0.0476 e. The molecule has 0 aliphatic carbocycles. The number of ether oxygens (including phenoxy) is 1. The Hall–Kier alpha value is 0.250. The minimum atomic E-state index is 0.301. The normalized spacial score (nSPS) is 13.9. The third-order valence-corrected chi connectivity index (χ3v) is 1.61. The highest BCUT2D eigenvalue weighted by atomic mass is 35.5. The van der Waals surface area contributed by atoms with Gasteiger partial charge in [0.15, 0.2) is 0 Å². The highest BCUT2D eigenvalue weighted by Gasteiger charge is 1.97. The summed E-state index contributed by atoms with van der Waals surface area (Å²) in [5, 5.41) is 0.301. The van der Waals surface area contributed by atoms with E-state index < -0.39 is 0 Å². The van der Waals surface area contributed by atoms with Crippen LogP contribution in [0, 0.1) is 0 Å². The van der Waals surface area contributed by atoms with Crippen molar-refractivity contribution in [3.63, 3.8) is 0 Å². The zero-order chi connectivity index (χ0) is 6.41. The van der Waals surface area contributed by atoms with Crippen LogP contribution >= 0.6 is 11.6 Å². The molecule has 0 aromatic rings. The van der Waals surface area contributed by atoms with Crippen molar-refractivity contribution in [3.8, 4) is 0 Å². The molecule has 0 heterocycles. The highest BCUT2D eigenvalue weighted by Crippen LogP contribution is 2.04. The first-order chi connectivity index (χ1) is 3.81. The van der Waals surface area contributed by atoms with E-state index in [-0.39, 0.29) is 0 Å². The predicted molar refractivity (Wildman–Crippen MR) is 36.4 cm³/mol. The van der Waals surface area contributed by atoms with E-state index in [2.05, 4.69) is 6.92 Å². The first-order valence-corrected chi connectivity index (χ1v) is 3.38. The van der Waals surface area contributed by atoms with Gasteiger partial charge in [-0.1, -0.05) is 6.92 Å². The Morgan fingerprint density at radius 1 is 1.62 bits per heavy atom. The second kappa shape index (κ2) is 5.39. The van der Waals surface area contributed by atoms with Crippen molar-refractivity contribution in [1.82, 2.24) is 0 Å². The molecule has 0 saturated carbocycles. The second-order valence-corrected chi connectivity index (χ2v) is 2.40. The minimum Gasteiger partial charge on any atom is -0.385 e. The summed E-state index contributed by atoms with van der Waals surface area (Å²) < 4.78 is 4.83. The highest BCUT2D eigenvalue weighted by molar-refractivity contribution is 6.20. The number of hydrogen-bond acceptors (Lipinski definition) is 1. The molecule has 0 fully saturated rings. The number of methoxy groups -OCH3 is 1. The average Bonchev–Trinajstić information content (AvgIpc) is 1.83. The lowest BCUT2D eigenvalue weighted by Crippen LogP contribution is -2.00. The molecule has 0 radical (unpaired) electrons. The largest absolute Gasteiger partial charge is 0.385 e. The SMILES string of the molecule is CCC(Cl)CCOC. The Bertz CT molecular complexity index is 47.8. The molecule has 0 bridgehead atoms. The van der Waals surface area contributed by atoms with Gasteiger partial charge in [0.1, 0.15) is 0 Å². The van der Waals surface area contributed by atoms with E-state index in [0.29, 0.717) is 5.38 Å². The first kappa shape index (κ1) is 8.25. The Labute approximate surface area is 56.0 Å². The molecular formula is C6H13ClO.